The van der Waals surface area contributed by atoms with Crippen molar-refractivity contribution in [2.24, 2.45) is 0 Å². The molecule has 0 aliphatic carbocycles. The molecular weight excluding hydrogens is 610 g/mol. The lowest BCUT2D eigenvalue weighted by Crippen LogP contribution is -2.31. The number of allylic oxidation sites excluding steroid dienone is 2. The number of rotatable bonds is 4. The monoisotopic (exact) mass is 618 g/mol. The maximum atomic E-state index is 13.6. The lowest BCUT2D eigenvalue weighted by molar-refractivity contribution is -0.144. The highest BCUT2D eigenvalue weighted by Crippen LogP contribution is 2.43. The SMILES string of the molecule is FC(F)(F)/C(Nc1cc(C(F)(F)F)cc(C(F)(F)F)c1)=C(\Nc1cc(C(F)(F)F)cc(C(F)(F)F)c1)C(F)(F)F. The van der Waals surface area contributed by atoms with E-state index in [0.717, 1.165) is 0 Å². The van der Waals surface area contributed by atoms with Gasteiger partial charge in [-0.15, -0.1) is 0 Å². The number of anilines is 2. The van der Waals surface area contributed by atoms with Gasteiger partial charge in [0.25, 0.3) is 0 Å². The Morgan fingerprint density at radius 3 is 0.700 bits per heavy atom. The third kappa shape index (κ3) is 8.26. The molecule has 0 amide bonds. The van der Waals surface area contributed by atoms with Gasteiger partial charge in [0, 0.05) is 11.4 Å². The van der Waals surface area contributed by atoms with E-state index in [1.165, 1.54) is 0 Å². The lowest BCUT2D eigenvalue weighted by Gasteiger charge is -2.24. The van der Waals surface area contributed by atoms with Crippen molar-refractivity contribution in [2.75, 3.05) is 10.6 Å². The highest BCUT2D eigenvalue weighted by Gasteiger charge is 2.47. The topological polar surface area (TPSA) is 24.1 Å². The number of hydrogen-bond donors (Lipinski definition) is 2. The van der Waals surface area contributed by atoms with Gasteiger partial charge in [-0.2, -0.15) is 79.0 Å². The highest BCUT2D eigenvalue weighted by molar-refractivity contribution is 5.60. The second-order valence-electron chi connectivity index (χ2n) is 7.58. The van der Waals surface area contributed by atoms with E-state index >= 15 is 0 Å². The van der Waals surface area contributed by atoms with Crippen LogP contribution in [-0.4, -0.2) is 12.4 Å². The fraction of sp³-hybridized carbons (Fsp3) is 0.300. The fourth-order valence-electron chi connectivity index (χ4n) is 2.89. The molecule has 0 radical (unpaired) electrons. The van der Waals surface area contributed by atoms with Crippen LogP contribution >= 0.6 is 0 Å². The molecule has 2 aromatic rings. The number of hydrogen-bond acceptors (Lipinski definition) is 2. The zero-order chi connectivity index (χ0) is 31.3. The molecule has 0 unspecified atom stereocenters. The molecule has 0 fully saturated rings. The van der Waals surface area contributed by atoms with Crippen LogP contribution in [0, 0.1) is 0 Å². The van der Waals surface area contributed by atoms with Gasteiger partial charge in [-0.3, -0.25) is 0 Å². The number of alkyl halides is 18. The molecule has 0 aliphatic rings. The summed E-state index contributed by atoms with van der Waals surface area (Å²) in [7, 11) is 0. The van der Waals surface area contributed by atoms with E-state index in [1.807, 2.05) is 0 Å². The smallest absolute Gasteiger partial charge is 0.350 e. The first-order chi connectivity index (χ1) is 17.6. The van der Waals surface area contributed by atoms with Crippen LogP contribution in [0.1, 0.15) is 22.3 Å². The van der Waals surface area contributed by atoms with Crippen molar-refractivity contribution in [1.29, 1.82) is 0 Å². The Bertz CT molecular complexity index is 1090. The van der Waals surface area contributed by atoms with Crippen LogP contribution in [0.5, 0.6) is 0 Å². The molecule has 0 saturated heterocycles. The average molecular weight is 618 g/mol. The first-order valence-electron chi connectivity index (χ1n) is 9.62. The summed E-state index contributed by atoms with van der Waals surface area (Å²) < 4.78 is 238. The van der Waals surface area contributed by atoms with Crippen LogP contribution in [-0.2, 0) is 24.7 Å². The van der Waals surface area contributed by atoms with Crippen LogP contribution in [0.3, 0.4) is 0 Å². The molecule has 2 aromatic carbocycles. The number of halogens is 18. The van der Waals surface area contributed by atoms with Crippen molar-refractivity contribution < 1.29 is 79.0 Å². The van der Waals surface area contributed by atoms with Crippen LogP contribution in [0.2, 0.25) is 0 Å². The van der Waals surface area contributed by atoms with Crippen LogP contribution in [0.4, 0.5) is 90.4 Å². The third-order valence-electron chi connectivity index (χ3n) is 4.53. The summed E-state index contributed by atoms with van der Waals surface area (Å²) in [6.07, 6.45) is -35.3. The van der Waals surface area contributed by atoms with Crippen LogP contribution in [0.25, 0.3) is 0 Å². The van der Waals surface area contributed by atoms with Crippen molar-refractivity contribution >= 4 is 11.4 Å². The molecule has 0 saturated carbocycles. The van der Waals surface area contributed by atoms with E-state index in [9.17, 15) is 79.0 Å². The second kappa shape index (κ2) is 10.2. The molecule has 0 atom stereocenters. The normalized spacial score (nSPS) is 14.7. The van der Waals surface area contributed by atoms with Crippen LogP contribution in [0.15, 0.2) is 47.8 Å². The zero-order valence-corrected chi connectivity index (χ0v) is 18.3. The average Bonchev–Trinajstić information content (AvgIpc) is 2.71. The minimum atomic E-state index is -6.33. The molecule has 224 valence electrons. The van der Waals surface area contributed by atoms with E-state index in [4.69, 9.17) is 0 Å². The minimum absolute atomic E-state index is 0.443. The lowest BCUT2D eigenvalue weighted by atomic mass is 10.1. The fourth-order valence-corrected chi connectivity index (χ4v) is 2.89. The standard InChI is InChI=1S/C20H8F18N2/c21-15(22,23)7-1-8(16(24,25)26)4-11(3-7)39-13(19(33,34)35)14(20(36,37)38)40-12-5-9(17(27,28)29)2-10(6-12)18(30,31)32/h1-6,39-40H/b14-13+. The van der Waals surface area contributed by atoms with Crippen molar-refractivity contribution in [3.63, 3.8) is 0 Å². The Hall–Kier alpha value is -3.48. The summed E-state index contributed by atoms with van der Waals surface area (Å²) in [6, 6.07) is -2.93. The van der Waals surface area contributed by atoms with Gasteiger partial charge in [-0.25, -0.2) is 0 Å². The summed E-state index contributed by atoms with van der Waals surface area (Å²) in [4.78, 5) is 0. The Morgan fingerprint density at radius 2 is 0.550 bits per heavy atom. The summed E-state index contributed by atoms with van der Waals surface area (Å²) in [5.41, 5.74) is -19.2. The number of benzene rings is 2. The van der Waals surface area contributed by atoms with E-state index in [1.54, 1.807) is 0 Å². The molecule has 20 heteroatoms. The predicted octanol–water partition coefficient (Wildman–Crippen LogP) is 9.62. The summed E-state index contributed by atoms with van der Waals surface area (Å²) in [6.45, 7) is 0. The van der Waals surface area contributed by atoms with Gasteiger partial charge in [0.1, 0.15) is 11.4 Å². The molecule has 2 nitrogen and oxygen atoms in total. The van der Waals surface area contributed by atoms with E-state index in [-0.39, 0.29) is 0 Å². The predicted molar refractivity (Wildman–Crippen MR) is 99.3 cm³/mol. The Kier molecular flexibility index (Phi) is 8.32. The second-order valence-corrected chi connectivity index (χ2v) is 7.58. The Balaban J connectivity index is 2.85. The Morgan fingerprint density at radius 1 is 0.350 bits per heavy atom. The van der Waals surface area contributed by atoms with Crippen molar-refractivity contribution in [3.8, 4) is 0 Å². The van der Waals surface area contributed by atoms with Gasteiger partial charge >= 0.3 is 37.1 Å². The van der Waals surface area contributed by atoms with Crippen molar-refractivity contribution in [2.45, 2.75) is 37.1 Å². The van der Waals surface area contributed by atoms with E-state index < -0.39 is 118 Å². The van der Waals surface area contributed by atoms with Gasteiger partial charge in [-0.1, -0.05) is 0 Å². The molecule has 2 rings (SSSR count). The van der Waals surface area contributed by atoms with E-state index in [2.05, 4.69) is 0 Å². The molecule has 0 spiro atoms. The molecule has 0 heterocycles. The summed E-state index contributed by atoms with van der Waals surface area (Å²) in [5.74, 6) is 0. The molecule has 2 N–H and O–H groups in total. The van der Waals surface area contributed by atoms with Crippen LogP contribution < -0.4 is 10.6 Å². The van der Waals surface area contributed by atoms with Gasteiger partial charge in [0.05, 0.1) is 22.3 Å². The Labute approximate surface area is 209 Å². The summed E-state index contributed by atoms with van der Waals surface area (Å²) in [5, 5.41) is 1.38. The minimum Gasteiger partial charge on any atom is -0.350 e. The maximum Gasteiger partial charge on any atom is 0.433 e. The van der Waals surface area contributed by atoms with Crippen molar-refractivity contribution in [1.82, 2.24) is 0 Å². The number of nitrogens with one attached hydrogen (secondary N) is 2. The molecule has 0 aliphatic heterocycles. The largest absolute Gasteiger partial charge is 0.433 e. The molecule has 0 bridgehead atoms. The molecule has 40 heavy (non-hydrogen) atoms. The van der Waals surface area contributed by atoms with Gasteiger partial charge in [-0.05, 0) is 36.4 Å². The summed E-state index contributed by atoms with van der Waals surface area (Å²) >= 11 is 0. The van der Waals surface area contributed by atoms with Gasteiger partial charge in [0.15, 0.2) is 0 Å². The maximum absolute atomic E-state index is 13.6. The molecule has 0 aromatic heterocycles. The van der Waals surface area contributed by atoms with Crippen molar-refractivity contribution in [3.05, 3.63) is 70.0 Å². The quantitative estimate of drug-likeness (QED) is 0.334. The highest BCUT2D eigenvalue weighted by atomic mass is 19.4. The van der Waals surface area contributed by atoms with E-state index in [0.29, 0.717) is 10.6 Å². The first kappa shape index (κ1) is 32.7. The first-order valence-corrected chi connectivity index (χ1v) is 9.62. The zero-order valence-electron chi connectivity index (χ0n) is 18.3. The molecular formula is C20H8F18N2. The third-order valence-corrected chi connectivity index (χ3v) is 4.53. The van der Waals surface area contributed by atoms with Gasteiger partial charge < -0.3 is 10.6 Å². The van der Waals surface area contributed by atoms with Gasteiger partial charge in [0.2, 0.25) is 0 Å².